The van der Waals surface area contributed by atoms with Crippen molar-refractivity contribution in [1.29, 1.82) is 0 Å². The second-order valence-electron chi connectivity index (χ2n) is 5.50. The minimum Gasteiger partial charge on any atom is -0.324 e. The Hall–Kier alpha value is -1.37. The molecule has 0 radical (unpaired) electrons. The van der Waals surface area contributed by atoms with Crippen molar-refractivity contribution >= 4 is 66.6 Å². The molecule has 124 valence electrons. The number of rotatable bonds is 3. The number of nitrogens with one attached hydrogen (secondary N) is 1. The van der Waals surface area contributed by atoms with Crippen LogP contribution in [0.1, 0.15) is 6.42 Å². The third kappa shape index (κ3) is 3.82. The predicted octanol–water partition coefficient (Wildman–Crippen LogP) is 4.86. The molecule has 24 heavy (non-hydrogen) atoms. The second kappa shape index (κ2) is 7.25. The fourth-order valence-corrected chi connectivity index (χ4v) is 3.56. The minimum absolute atomic E-state index is 0.0561. The molecule has 0 bridgehead atoms. The van der Waals surface area contributed by atoms with Gasteiger partial charge in [0.15, 0.2) is 0 Å². The SMILES string of the molecule is O=C(Nc1ccc(Br)cc1Cl)[C@@H]1CC(=O)N(c2ccc(Br)cc2)C1. The van der Waals surface area contributed by atoms with Gasteiger partial charge in [-0.15, -0.1) is 0 Å². The number of carbonyl (C=O) groups is 2. The molecule has 2 aromatic rings. The number of nitrogens with zero attached hydrogens (tertiary/aromatic N) is 1. The van der Waals surface area contributed by atoms with Crippen LogP contribution in [0, 0.1) is 5.92 Å². The Kier molecular flexibility index (Phi) is 5.27. The zero-order valence-electron chi connectivity index (χ0n) is 12.4. The van der Waals surface area contributed by atoms with Crippen molar-refractivity contribution in [3.05, 3.63) is 56.4 Å². The smallest absolute Gasteiger partial charge is 0.229 e. The Morgan fingerprint density at radius 2 is 1.79 bits per heavy atom. The van der Waals surface area contributed by atoms with E-state index in [9.17, 15) is 9.59 Å². The summed E-state index contributed by atoms with van der Waals surface area (Å²) < 4.78 is 1.78. The van der Waals surface area contributed by atoms with Gasteiger partial charge in [0.05, 0.1) is 16.6 Å². The molecule has 0 aliphatic carbocycles. The first-order valence-corrected chi connectivity index (χ1v) is 9.22. The summed E-state index contributed by atoms with van der Waals surface area (Å²) in [6.07, 6.45) is 0.191. The topological polar surface area (TPSA) is 49.4 Å². The van der Waals surface area contributed by atoms with Crippen LogP contribution in [0.15, 0.2) is 51.4 Å². The Bertz CT molecular complexity index is 796. The van der Waals surface area contributed by atoms with Crippen molar-refractivity contribution < 1.29 is 9.59 Å². The third-order valence-corrected chi connectivity index (χ3v) is 5.16. The largest absolute Gasteiger partial charge is 0.324 e. The third-order valence-electron chi connectivity index (χ3n) is 3.82. The Balaban J connectivity index is 1.70. The molecule has 1 saturated heterocycles. The highest BCUT2D eigenvalue weighted by Gasteiger charge is 2.35. The summed E-state index contributed by atoms with van der Waals surface area (Å²) in [5.41, 5.74) is 1.33. The Morgan fingerprint density at radius 3 is 2.46 bits per heavy atom. The fourth-order valence-electron chi connectivity index (χ4n) is 2.58. The quantitative estimate of drug-likeness (QED) is 0.694. The van der Waals surface area contributed by atoms with Gasteiger partial charge in [-0.1, -0.05) is 43.5 Å². The number of halogens is 3. The van der Waals surface area contributed by atoms with Crippen LogP contribution in [0.5, 0.6) is 0 Å². The van der Waals surface area contributed by atoms with Gasteiger partial charge in [-0.25, -0.2) is 0 Å². The molecular weight excluding hydrogens is 459 g/mol. The van der Waals surface area contributed by atoms with E-state index in [1.165, 1.54) is 0 Å². The molecule has 3 rings (SSSR count). The van der Waals surface area contributed by atoms with Crippen LogP contribution in [0.4, 0.5) is 11.4 Å². The summed E-state index contributed by atoms with van der Waals surface area (Å²) in [5, 5.41) is 3.25. The van der Waals surface area contributed by atoms with Crippen molar-refractivity contribution in [2.45, 2.75) is 6.42 Å². The van der Waals surface area contributed by atoms with Gasteiger partial charge in [0.1, 0.15) is 0 Å². The van der Waals surface area contributed by atoms with Crippen LogP contribution in [0.3, 0.4) is 0 Å². The molecule has 1 heterocycles. The van der Waals surface area contributed by atoms with Gasteiger partial charge in [-0.05, 0) is 42.5 Å². The van der Waals surface area contributed by atoms with Gasteiger partial charge in [0, 0.05) is 27.6 Å². The lowest BCUT2D eigenvalue weighted by Gasteiger charge is -2.17. The minimum atomic E-state index is -0.402. The second-order valence-corrected chi connectivity index (χ2v) is 7.73. The van der Waals surface area contributed by atoms with E-state index >= 15 is 0 Å². The summed E-state index contributed by atoms with van der Waals surface area (Å²) in [7, 11) is 0. The number of carbonyl (C=O) groups excluding carboxylic acids is 2. The lowest BCUT2D eigenvalue weighted by atomic mass is 10.1. The lowest BCUT2D eigenvalue weighted by molar-refractivity contribution is -0.122. The van der Waals surface area contributed by atoms with Gasteiger partial charge < -0.3 is 10.2 Å². The zero-order chi connectivity index (χ0) is 17.3. The van der Waals surface area contributed by atoms with Crippen molar-refractivity contribution in [2.75, 3.05) is 16.8 Å². The van der Waals surface area contributed by atoms with Crippen LogP contribution < -0.4 is 10.2 Å². The van der Waals surface area contributed by atoms with E-state index in [4.69, 9.17) is 11.6 Å². The zero-order valence-corrected chi connectivity index (χ0v) is 16.4. The number of benzene rings is 2. The fraction of sp³-hybridized carbons (Fsp3) is 0.176. The van der Waals surface area contributed by atoms with Crippen LogP contribution >= 0.6 is 43.5 Å². The Morgan fingerprint density at radius 1 is 1.12 bits per heavy atom. The van der Waals surface area contributed by atoms with E-state index < -0.39 is 5.92 Å². The number of hydrogen-bond acceptors (Lipinski definition) is 2. The molecule has 0 spiro atoms. The number of anilines is 2. The highest BCUT2D eigenvalue weighted by Crippen LogP contribution is 2.29. The van der Waals surface area contributed by atoms with E-state index in [-0.39, 0.29) is 18.2 Å². The maximum atomic E-state index is 12.5. The normalized spacial score (nSPS) is 17.2. The molecule has 4 nitrogen and oxygen atoms in total. The monoisotopic (exact) mass is 470 g/mol. The molecule has 1 aliphatic rings. The average molecular weight is 473 g/mol. The van der Waals surface area contributed by atoms with Crippen molar-refractivity contribution in [1.82, 2.24) is 0 Å². The summed E-state index contributed by atoms with van der Waals surface area (Å²) in [4.78, 5) is 26.3. The number of amides is 2. The van der Waals surface area contributed by atoms with Crippen molar-refractivity contribution in [2.24, 2.45) is 5.92 Å². The van der Waals surface area contributed by atoms with E-state index in [1.807, 2.05) is 24.3 Å². The summed E-state index contributed by atoms with van der Waals surface area (Å²) in [5.74, 6) is -0.660. The molecule has 1 aliphatic heterocycles. The van der Waals surface area contributed by atoms with Crippen LogP contribution in [-0.4, -0.2) is 18.4 Å². The molecule has 1 atom stereocenters. The molecule has 2 aromatic carbocycles. The van der Waals surface area contributed by atoms with Crippen molar-refractivity contribution in [3.8, 4) is 0 Å². The van der Waals surface area contributed by atoms with Gasteiger partial charge in [0.25, 0.3) is 0 Å². The first-order chi connectivity index (χ1) is 11.4. The maximum absolute atomic E-state index is 12.5. The summed E-state index contributed by atoms with van der Waals surface area (Å²) in [6.45, 7) is 0.362. The summed E-state index contributed by atoms with van der Waals surface area (Å²) >= 11 is 12.8. The van der Waals surface area contributed by atoms with E-state index in [2.05, 4.69) is 37.2 Å². The Labute approximate surface area is 161 Å². The van der Waals surface area contributed by atoms with Crippen LogP contribution in [-0.2, 0) is 9.59 Å². The molecule has 2 amide bonds. The lowest BCUT2D eigenvalue weighted by Crippen LogP contribution is -2.28. The molecule has 0 saturated carbocycles. The van der Waals surface area contributed by atoms with Gasteiger partial charge in [-0.2, -0.15) is 0 Å². The molecular formula is C17H13Br2ClN2O2. The van der Waals surface area contributed by atoms with Gasteiger partial charge >= 0.3 is 0 Å². The summed E-state index contributed by atoms with van der Waals surface area (Å²) in [6, 6.07) is 12.7. The molecule has 7 heteroatoms. The molecule has 0 aromatic heterocycles. The van der Waals surface area contributed by atoms with E-state index in [1.54, 1.807) is 23.1 Å². The van der Waals surface area contributed by atoms with E-state index in [0.29, 0.717) is 17.3 Å². The highest BCUT2D eigenvalue weighted by atomic mass is 79.9. The first-order valence-electron chi connectivity index (χ1n) is 7.26. The van der Waals surface area contributed by atoms with Crippen LogP contribution in [0.25, 0.3) is 0 Å². The predicted molar refractivity (Wildman–Crippen MR) is 102 cm³/mol. The van der Waals surface area contributed by atoms with Gasteiger partial charge in [0.2, 0.25) is 11.8 Å². The molecule has 1 N–H and O–H groups in total. The molecule has 0 unspecified atom stereocenters. The standard InChI is InChI=1S/C17H13Br2ClN2O2/c18-11-1-4-13(5-2-11)22-9-10(7-16(22)23)17(24)21-15-6-3-12(19)8-14(15)20/h1-6,8,10H,7,9H2,(H,21,24)/t10-/m1/s1. The van der Waals surface area contributed by atoms with Gasteiger partial charge in [-0.3, -0.25) is 9.59 Å². The first kappa shape index (κ1) is 17.5. The average Bonchev–Trinajstić information content (AvgIpc) is 2.93. The maximum Gasteiger partial charge on any atom is 0.229 e. The molecule has 1 fully saturated rings. The van der Waals surface area contributed by atoms with Crippen LogP contribution in [0.2, 0.25) is 5.02 Å². The van der Waals surface area contributed by atoms with Crippen molar-refractivity contribution in [3.63, 3.8) is 0 Å². The van der Waals surface area contributed by atoms with E-state index in [0.717, 1.165) is 14.6 Å². The highest BCUT2D eigenvalue weighted by molar-refractivity contribution is 9.10. The number of hydrogen-bond donors (Lipinski definition) is 1.